The van der Waals surface area contributed by atoms with Crippen molar-refractivity contribution in [2.45, 2.75) is 70.4 Å². The van der Waals surface area contributed by atoms with Crippen molar-refractivity contribution in [3.05, 3.63) is 38.9 Å². The van der Waals surface area contributed by atoms with E-state index in [2.05, 4.69) is 17.2 Å². The van der Waals surface area contributed by atoms with Crippen LogP contribution in [0, 0.1) is 10.7 Å². The highest BCUT2D eigenvalue weighted by Gasteiger charge is 2.24. The summed E-state index contributed by atoms with van der Waals surface area (Å²) in [5, 5.41) is 3.77. The molecular weight excluding hydrogens is 358 g/mol. The number of fused-ring (bicyclic) bond motifs is 1. The number of aromatic nitrogens is 2. The van der Waals surface area contributed by atoms with E-state index in [4.69, 9.17) is 12.2 Å². The molecule has 2 N–H and O–H groups in total. The van der Waals surface area contributed by atoms with Crippen molar-refractivity contribution in [3.8, 4) is 0 Å². The van der Waals surface area contributed by atoms with Crippen LogP contribution in [0.4, 0.5) is 0 Å². The third kappa shape index (κ3) is 3.59. The Balaban J connectivity index is 1.64. The molecule has 1 amide bonds. The average molecular weight is 386 g/mol. The molecule has 0 saturated heterocycles. The summed E-state index contributed by atoms with van der Waals surface area (Å²) in [7, 11) is 0. The number of rotatable bonds is 3. The first kappa shape index (κ1) is 18.4. The topological polar surface area (TPSA) is 66.9 Å². The molecule has 2 fully saturated rings. The van der Waals surface area contributed by atoms with E-state index in [-0.39, 0.29) is 23.6 Å². The lowest BCUT2D eigenvalue weighted by Gasteiger charge is -2.29. The summed E-state index contributed by atoms with van der Waals surface area (Å²) in [6.45, 7) is 2.20. The minimum atomic E-state index is -0.0741. The highest BCUT2D eigenvalue weighted by Crippen LogP contribution is 2.29. The van der Waals surface area contributed by atoms with Crippen LogP contribution in [-0.4, -0.2) is 21.5 Å². The Bertz CT molecular complexity index is 972. The van der Waals surface area contributed by atoms with Gasteiger partial charge in [0.25, 0.3) is 11.5 Å². The Morgan fingerprint density at radius 3 is 2.59 bits per heavy atom. The van der Waals surface area contributed by atoms with Crippen molar-refractivity contribution in [1.82, 2.24) is 14.9 Å². The Morgan fingerprint density at radius 1 is 1.15 bits per heavy atom. The second-order valence-electron chi connectivity index (χ2n) is 8.15. The quantitative estimate of drug-likeness (QED) is 0.766. The number of benzene rings is 1. The molecule has 2 aromatic rings. The van der Waals surface area contributed by atoms with Gasteiger partial charge in [0.05, 0.1) is 10.9 Å². The lowest BCUT2D eigenvalue weighted by molar-refractivity contribution is 0.0910. The van der Waals surface area contributed by atoms with E-state index in [1.807, 2.05) is 0 Å². The van der Waals surface area contributed by atoms with Crippen LogP contribution >= 0.6 is 12.2 Å². The molecule has 2 atom stereocenters. The van der Waals surface area contributed by atoms with Crippen molar-refractivity contribution in [1.29, 1.82) is 0 Å². The number of carbonyl (C=O) groups excluding carboxylic acids is 1. The first-order valence-corrected chi connectivity index (χ1v) is 10.5. The molecule has 1 aromatic heterocycles. The Morgan fingerprint density at radius 2 is 1.85 bits per heavy atom. The number of nitrogens with one attached hydrogen (secondary N) is 2. The maximum atomic E-state index is 13.0. The normalized spacial score (nSPS) is 23.6. The minimum Gasteiger partial charge on any atom is -0.349 e. The van der Waals surface area contributed by atoms with Gasteiger partial charge in [-0.25, -0.2) is 0 Å². The zero-order valence-electron chi connectivity index (χ0n) is 15.8. The van der Waals surface area contributed by atoms with E-state index in [0.717, 1.165) is 38.5 Å². The molecule has 0 bridgehead atoms. The second-order valence-corrected chi connectivity index (χ2v) is 8.53. The van der Waals surface area contributed by atoms with Crippen LogP contribution in [0.25, 0.3) is 10.9 Å². The minimum absolute atomic E-state index is 0.0477. The number of amides is 1. The van der Waals surface area contributed by atoms with E-state index in [0.29, 0.717) is 27.2 Å². The SMILES string of the molecule is C[C@H]1CCCC[C@@H]1NC(=O)c1ccc2c(=O)n(C3CCCC3)c(=S)[nH]c2c1. The van der Waals surface area contributed by atoms with E-state index in [9.17, 15) is 9.59 Å². The van der Waals surface area contributed by atoms with Crippen molar-refractivity contribution >= 4 is 29.0 Å². The third-order valence-corrected chi connectivity index (χ3v) is 6.61. The molecular formula is C21H27N3O2S. The molecule has 1 aromatic carbocycles. The fraction of sp³-hybridized carbons (Fsp3) is 0.571. The predicted molar refractivity (Wildman–Crippen MR) is 110 cm³/mol. The maximum Gasteiger partial charge on any atom is 0.262 e. The highest BCUT2D eigenvalue weighted by molar-refractivity contribution is 7.71. The molecule has 2 saturated carbocycles. The third-order valence-electron chi connectivity index (χ3n) is 6.31. The number of aromatic amines is 1. The van der Waals surface area contributed by atoms with Crippen LogP contribution in [0.3, 0.4) is 0 Å². The van der Waals surface area contributed by atoms with Gasteiger partial charge in [-0.2, -0.15) is 0 Å². The summed E-state index contributed by atoms with van der Waals surface area (Å²) in [4.78, 5) is 28.8. The van der Waals surface area contributed by atoms with Gasteiger partial charge >= 0.3 is 0 Å². The van der Waals surface area contributed by atoms with Gasteiger partial charge in [0, 0.05) is 17.6 Å². The number of carbonyl (C=O) groups is 1. The van der Waals surface area contributed by atoms with Crippen LogP contribution in [0.5, 0.6) is 0 Å². The van der Waals surface area contributed by atoms with Crippen molar-refractivity contribution in [3.63, 3.8) is 0 Å². The summed E-state index contributed by atoms with van der Waals surface area (Å²) in [6.07, 6.45) is 8.90. The smallest absolute Gasteiger partial charge is 0.262 e. The molecule has 0 unspecified atom stereocenters. The van der Waals surface area contributed by atoms with Crippen LogP contribution < -0.4 is 10.9 Å². The predicted octanol–water partition coefficient (Wildman–Crippen LogP) is 4.48. The molecule has 4 rings (SSSR count). The molecule has 27 heavy (non-hydrogen) atoms. The van der Waals surface area contributed by atoms with Crippen LogP contribution in [0.1, 0.15) is 74.7 Å². The van der Waals surface area contributed by atoms with Crippen molar-refractivity contribution in [2.75, 3.05) is 0 Å². The summed E-state index contributed by atoms with van der Waals surface area (Å²) >= 11 is 5.47. The van der Waals surface area contributed by atoms with Gasteiger partial charge in [-0.1, -0.05) is 32.6 Å². The molecule has 1 heterocycles. The van der Waals surface area contributed by atoms with E-state index in [1.54, 1.807) is 22.8 Å². The van der Waals surface area contributed by atoms with Gasteiger partial charge in [0.15, 0.2) is 4.77 Å². The van der Waals surface area contributed by atoms with Crippen LogP contribution in [0.2, 0.25) is 0 Å². The lowest BCUT2D eigenvalue weighted by Crippen LogP contribution is -2.41. The number of nitrogens with zero attached hydrogens (tertiary/aromatic N) is 1. The Labute approximate surface area is 164 Å². The monoisotopic (exact) mass is 385 g/mol. The fourth-order valence-corrected chi connectivity index (χ4v) is 4.99. The van der Waals surface area contributed by atoms with Gasteiger partial charge in [-0.05, 0) is 62.0 Å². The van der Waals surface area contributed by atoms with E-state index < -0.39 is 0 Å². The fourth-order valence-electron chi connectivity index (χ4n) is 4.65. The van der Waals surface area contributed by atoms with Crippen molar-refractivity contribution < 1.29 is 4.79 Å². The number of hydrogen-bond donors (Lipinski definition) is 2. The van der Waals surface area contributed by atoms with E-state index in [1.165, 1.54) is 12.8 Å². The van der Waals surface area contributed by atoms with Gasteiger partial charge in [-0.15, -0.1) is 0 Å². The largest absolute Gasteiger partial charge is 0.349 e. The lowest BCUT2D eigenvalue weighted by atomic mass is 9.86. The summed E-state index contributed by atoms with van der Waals surface area (Å²) in [5.41, 5.74) is 1.17. The van der Waals surface area contributed by atoms with Crippen molar-refractivity contribution in [2.24, 2.45) is 5.92 Å². The average Bonchev–Trinajstić information content (AvgIpc) is 3.17. The summed E-state index contributed by atoms with van der Waals surface area (Å²) < 4.78 is 2.19. The van der Waals surface area contributed by atoms with E-state index >= 15 is 0 Å². The molecule has 2 aliphatic carbocycles. The van der Waals surface area contributed by atoms with Gasteiger partial charge in [0.1, 0.15) is 0 Å². The van der Waals surface area contributed by atoms with Gasteiger partial charge in [0.2, 0.25) is 0 Å². The van der Waals surface area contributed by atoms with Crippen LogP contribution in [0.15, 0.2) is 23.0 Å². The highest BCUT2D eigenvalue weighted by atomic mass is 32.1. The zero-order chi connectivity index (χ0) is 19.0. The standard InChI is InChI=1S/C21H27N3O2S/c1-13-6-2-5-9-17(13)22-19(25)14-10-11-16-18(12-14)23-21(27)24(20(16)26)15-7-3-4-8-15/h10-13,15,17H,2-9H2,1H3,(H,22,25)(H,23,27)/t13-,17-/m0/s1. The zero-order valence-corrected chi connectivity index (χ0v) is 16.6. The van der Waals surface area contributed by atoms with Gasteiger partial charge in [-0.3, -0.25) is 14.2 Å². The van der Waals surface area contributed by atoms with Crippen LogP contribution in [-0.2, 0) is 0 Å². The Kier molecular flexibility index (Phi) is 5.17. The molecule has 2 aliphatic rings. The summed E-state index contributed by atoms with van der Waals surface area (Å²) in [6, 6.07) is 5.70. The molecule has 144 valence electrons. The molecule has 5 nitrogen and oxygen atoms in total. The molecule has 0 spiro atoms. The first-order chi connectivity index (χ1) is 13.0. The number of hydrogen-bond acceptors (Lipinski definition) is 3. The molecule has 0 radical (unpaired) electrons. The second kappa shape index (κ2) is 7.58. The first-order valence-electron chi connectivity index (χ1n) is 10.1. The van der Waals surface area contributed by atoms with Gasteiger partial charge < -0.3 is 10.3 Å². The molecule has 0 aliphatic heterocycles. The Hall–Kier alpha value is -1.95. The summed E-state index contributed by atoms with van der Waals surface area (Å²) in [5.74, 6) is 0.433. The molecule has 6 heteroatoms. The maximum absolute atomic E-state index is 13.0. The number of H-pyrrole nitrogens is 1.